The second-order valence-electron chi connectivity index (χ2n) is 4.88. The van der Waals surface area contributed by atoms with Gasteiger partial charge in [0.15, 0.2) is 0 Å². The SMILES string of the molecule is CC(CO)CN1C(=O)c2cccc3cccc1c23. The molecule has 0 aliphatic carbocycles. The highest BCUT2D eigenvalue weighted by molar-refractivity contribution is 6.24. The van der Waals surface area contributed by atoms with E-state index in [-0.39, 0.29) is 18.4 Å². The summed E-state index contributed by atoms with van der Waals surface area (Å²) in [4.78, 5) is 14.1. The molecule has 2 aromatic rings. The monoisotopic (exact) mass is 241 g/mol. The van der Waals surface area contributed by atoms with Crippen molar-refractivity contribution in [3.8, 4) is 0 Å². The first-order valence-electron chi connectivity index (χ1n) is 6.17. The molecule has 1 aliphatic heterocycles. The van der Waals surface area contributed by atoms with Gasteiger partial charge < -0.3 is 10.0 Å². The fraction of sp³-hybridized carbons (Fsp3) is 0.267. The van der Waals surface area contributed by atoms with Gasteiger partial charge in [0.1, 0.15) is 0 Å². The molecule has 1 N–H and O–H groups in total. The molecular weight excluding hydrogens is 226 g/mol. The van der Waals surface area contributed by atoms with Crippen LogP contribution in [0.1, 0.15) is 17.3 Å². The van der Waals surface area contributed by atoms with Gasteiger partial charge in [-0.25, -0.2) is 0 Å². The number of aliphatic hydroxyl groups excluding tert-OH is 1. The lowest BCUT2D eigenvalue weighted by Crippen LogP contribution is -2.32. The zero-order valence-corrected chi connectivity index (χ0v) is 10.3. The first kappa shape index (κ1) is 11.2. The molecule has 0 spiro atoms. The van der Waals surface area contributed by atoms with E-state index in [2.05, 4.69) is 0 Å². The van der Waals surface area contributed by atoms with Crippen molar-refractivity contribution in [3.63, 3.8) is 0 Å². The van der Waals surface area contributed by atoms with Crippen molar-refractivity contribution in [3.05, 3.63) is 42.0 Å². The van der Waals surface area contributed by atoms with Crippen LogP contribution < -0.4 is 4.90 Å². The minimum Gasteiger partial charge on any atom is -0.396 e. The number of rotatable bonds is 3. The van der Waals surface area contributed by atoms with Gasteiger partial charge in [-0.05, 0) is 23.4 Å². The minimum atomic E-state index is 0.0436. The van der Waals surface area contributed by atoms with E-state index >= 15 is 0 Å². The number of anilines is 1. The Morgan fingerprint density at radius 2 is 1.94 bits per heavy atom. The molecule has 0 saturated heterocycles. The molecule has 92 valence electrons. The molecule has 0 bridgehead atoms. The molecule has 0 aromatic heterocycles. The fourth-order valence-corrected chi connectivity index (χ4v) is 2.53. The van der Waals surface area contributed by atoms with E-state index in [0.717, 1.165) is 22.0 Å². The zero-order chi connectivity index (χ0) is 12.7. The molecule has 1 atom stereocenters. The van der Waals surface area contributed by atoms with E-state index < -0.39 is 0 Å². The summed E-state index contributed by atoms with van der Waals surface area (Å²) in [5.74, 6) is 0.126. The highest BCUT2D eigenvalue weighted by Crippen LogP contribution is 2.37. The number of benzene rings is 2. The van der Waals surface area contributed by atoms with Crippen molar-refractivity contribution in [1.29, 1.82) is 0 Å². The van der Waals surface area contributed by atoms with Crippen molar-refractivity contribution < 1.29 is 9.90 Å². The second kappa shape index (κ2) is 4.10. The number of amides is 1. The fourth-order valence-electron chi connectivity index (χ4n) is 2.53. The minimum absolute atomic E-state index is 0.0436. The smallest absolute Gasteiger partial charge is 0.259 e. The number of hydrogen-bond donors (Lipinski definition) is 1. The van der Waals surface area contributed by atoms with Crippen LogP contribution in [0, 0.1) is 5.92 Å². The van der Waals surface area contributed by atoms with E-state index in [9.17, 15) is 4.79 Å². The number of carbonyl (C=O) groups excluding carboxylic acids is 1. The summed E-state index contributed by atoms with van der Waals surface area (Å²) >= 11 is 0. The number of hydrogen-bond acceptors (Lipinski definition) is 2. The number of carbonyl (C=O) groups is 1. The van der Waals surface area contributed by atoms with Crippen LogP contribution in [0.3, 0.4) is 0 Å². The Hall–Kier alpha value is -1.87. The molecule has 1 amide bonds. The van der Waals surface area contributed by atoms with Gasteiger partial charge in [0.25, 0.3) is 5.91 Å². The van der Waals surface area contributed by atoms with E-state index in [1.807, 2.05) is 43.3 Å². The topological polar surface area (TPSA) is 40.5 Å². The summed E-state index contributed by atoms with van der Waals surface area (Å²) < 4.78 is 0. The summed E-state index contributed by atoms with van der Waals surface area (Å²) in [5, 5.41) is 11.3. The van der Waals surface area contributed by atoms with Crippen LogP contribution in [0.25, 0.3) is 10.8 Å². The maximum Gasteiger partial charge on any atom is 0.259 e. The number of nitrogens with zero attached hydrogens (tertiary/aromatic N) is 1. The zero-order valence-electron chi connectivity index (χ0n) is 10.3. The largest absolute Gasteiger partial charge is 0.396 e. The summed E-state index contributed by atoms with van der Waals surface area (Å²) in [6.45, 7) is 2.59. The van der Waals surface area contributed by atoms with Gasteiger partial charge in [-0.15, -0.1) is 0 Å². The Labute approximate surface area is 106 Å². The molecule has 0 fully saturated rings. The Bertz CT molecular complexity index is 616. The van der Waals surface area contributed by atoms with Crippen LogP contribution in [0.2, 0.25) is 0 Å². The first-order valence-corrected chi connectivity index (χ1v) is 6.17. The third-order valence-corrected chi connectivity index (χ3v) is 3.45. The van der Waals surface area contributed by atoms with E-state index in [4.69, 9.17) is 5.11 Å². The van der Waals surface area contributed by atoms with Crippen LogP contribution in [-0.4, -0.2) is 24.2 Å². The van der Waals surface area contributed by atoms with Crippen molar-refractivity contribution in [1.82, 2.24) is 0 Å². The molecule has 3 heteroatoms. The standard InChI is InChI=1S/C15H15NO2/c1-10(9-17)8-16-13-7-3-5-11-4-2-6-12(14(11)13)15(16)18/h2-7,10,17H,8-9H2,1H3. The van der Waals surface area contributed by atoms with Crippen LogP contribution in [0.5, 0.6) is 0 Å². The van der Waals surface area contributed by atoms with Crippen LogP contribution >= 0.6 is 0 Å². The van der Waals surface area contributed by atoms with Crippen molar-refractivity contribution >= 4 is 22.4 Å². The molecular formula is C15H15NO2. The van der Waals surface area contributed by atoms with Gasteiger partial charge >= 0.3 is 0 Å². The van der Waals surface area contributed by atoms with Crippen molar-refractivity contribution in [2.45, 2.75) is 6.92 Å². The maximum atomic E-state index is 12.4. The number of aliphatic hydroxyl groups is 1. The molecule has 3 nitrogen and oxygen atoms in total. The molecule has 18 heavy (non-hydrogen) atoms. The molecule has 0 radical (unpaired) electrons. The van der Waals surface area contributed by atoms with E-state index in [1.165, 1.54) is 0 Å². The van der Waals surface area contributed by atoms with Gasteiger partial charge in [0.2, 0.25) is 0 Å². The summed E-state index contributed by atoms with van der Waals surface area (Å²) in [7, 11) is 0. The van der Waals surface area contributed by atoms with Gasteiger partial charge in [-0.2, -0.15) is 0 Å². The van der Waals surface area contributed by atoms with Crippen LogP contribution in [0.4, 0.5) is 5.69 Å². The lowest BCUT2D eigenvalue weighted by atomic mass is 10.1. The van der Waals surface area contributed by atoms with Crippen LogP contribution in [0.15, 0.2) is 36.4 Å². The highest BCUT2D eigenvalue weighted by Gasteiger charge is 2.29. The summed E-state index contributed by atoms with van der Waals surface area (Å²) in [6, 6.07) is 11.8. The maximum absolute atomic E-state index is 12.4. The van der Waals surface area contributed by atoms with Crippen molar-refractivity contribution in [2.75, 3.05) is 18.1 Å². The Balaban J connectivity index is 2.13. The Morgan fingerprint density at radius 1 is 1.22 bits per heavy atom. The molecule has 1 heterocycles. The lowest BCUT2D eigenvalue weighted by molar-refractivity contribution is 0.0986. The third-order valence-electron chi connectivity index (χ3n) is 3.45. The quantitative estimate of drug-likeness (QED) is 0.896. The molecule has 3 rings (SSSR count). The van der Waals surface area contributed by atoms with Gasteiger partial charge in [-0.1, -0.05) is 31.2 Å². The average Bonchev–Trinajstić information content (AvgIpc) is 2.67. The molecule has 2 aromatic carbocycles. The summed E-state index contributed by atoms with van der Waals surface area (Å²) in [5.41, 5.74) is 1.74. The Kier molecular flexibility index (Phi) is 2.56. The molecule has 1 aliphatic rings. The van der Waals surface area contributed by atoms with E-state index in [1.54, 1.807) is 4.90 Å². The Morgan fingerprint density at radius 3 is 2.67 bits per heavy atom. The van der Waals surface area contributed by atoms with Gasteiger partial charge in [0, 0.05) is 24.1 Å². The molecule has 0 saturated carbocycles. The predicted molar refractivity (Wildman–Crippen MR) is 71.9 cm³/mol. The van der Waals surface area contributed by atoms with Crippen LogP contribution in [-0.2, 0) is 0 Å². The van der Waals surface area contributed by atoms with E-state index in [0.29, 0.717) is 6.54 Å². The summed E-state index contributed by atoms with van der Waals surface area (Å²) in [6.07, 6.45) is 0. The lowest BCUT2D eigenvalue weighted by Gasteiger charge is -2.20. The van der Waals surface area contributed by atoms with Crippen molar-refractivity contribution in [2.24, 2.45) is 5.92 Å². The van der Waals surface area contributed by atoms with Gasteiger partial charge in [-0.3, -0.25) is 4.79 Å². The average molecular weight is 241 g/mol. The predicted octanol–water partition coefficient (Wildman–Crippen LogP) is 2.43. The first-order chi connectivity index (χ1) is 8.72. The third kappa shape index (κ3) is 1.51. The molecule has 1 unspecified atom stereocenters. The highest BCUT2D eigenvalue weighted by atomic mass is 16.3. The normalized spacial score (nSPS) is 15.4. The second-order valence-corrected chi connectivity index (χ2v) is 4.88. The van der Waals surface area contributed by atoms with Gasteiger partial charge in [0.05, 0.1) is 5.69 Å².